The Morgan fingerprint density at radius 1 is 1.50 bits per heavy atom. The summed E-state index contributed by atoms with van der Waals surface area (Å²) in [5.74, 6) is 6.06. The molecule has 0 heterocycles. The average molecular weight is 138 g/mol. The second kappa shape index (κ2) is 6.64. The Morgan fingerprint density at radius 2 is 2.20 bits per heavy atom. The van der Waals surface area contributed by atoms with Gasteiger partial charge >= 0.3 is 0 Å². The Labute approximate surface area is 64.2 Å². The van der Waals surface area contributed by atoms with Crippen LogP contribution in [0.25, 0.3) is 0 Å². The molecule has 10 heavy (non-hydrogen) atoms. The van der Waals surface area contributed by atoms with Gasteiger partial charge in [0, 0.05) is 6.42 Å². The monoisotopic (exact) mass is 138 g/mol. The van der Waals surface area contributed by atoms with E-state index in [4.69, 9.17) is 0 Å². The maximum atomic E-state index is 3.81. The Kier molecular flexibility index (Phi) is 6.32. The van der Waals surface area contributed by atoms with Gasteiger partial charge < -0.3 is 5.32 Å². The fourth-order valence-corrected chi connectivity index (χ4v) is 0.618. The zero-order chi connectivity index (χ0) is 7.82. The lowest BCUT2D eigenvalue weighted by molar-refractivity contribution is 0.718. The SMILES string of the molecule is [CH2]C(C#CCCC)NCC. The number of rotatable bonds is 3. The molecule has 1 unspecified atom stereocenters. The van der Waals surface area contributed by atoms with Crippen LogP contribution in [-0.2, 0) is 0 Å². The first-order valence-electron chi connectivity index (χ1n) is 3.86. The highest BCUT2D eigenvalue weighted by Crippen LogP contribution is 1.82. The van der Waals surface area contributed by atoms with Crippen molar-refractivity contribution >= 4 is 0 Å². The first-order chi connectivity index (χ1) is 4.81. The van der Waals surface area contributed by atoms with E-state index < -0.39 is 0 Å². The molecule has 0 amide bonds. The van der Waals surface area contributed by atoms with Crippen molar-refractivity contribution in [2.75, 3.05) is 6.54 Å². The van der Waals surface area contributed by atoms with Gasteiger partial charge in [-0.1, -0.05) is 19.8 Å². The van der Waals surface area contributed by atoms with Gasteiger partial charge in [-0.3, -0.25) is 0 Å². The Hall–Kier alpha value is -0.480. The van der Waals surface area contributed by atoms with Crippen LogP contribution in [0.2, 0.25) is 0 Å². The summed E-state index contributed by atoms with van der Waals surface area (Å²) in [7, 11) is 0. The topological polar surface area (TPSA) is 12.0 Å². The molecule has 1 heteroatoms. The average Bonchev–Trinajstić information content (AvgIpc) is 1.89. The highest BCUT2D eigenvalue weighted by atomic mass is 14.9. The normalized spacial score (nSPS) is 11.9. The van der Waals surface area contributed by atoms with Gasteiger partial charge in [0.15, 0.2) is 0 Å². The van der Waals surface area contributed by atoms with Crippen molar-refractivity contribution in [3.63, 3.8) is 0 Å². The second-order valence-electron chi connectivity index (χ2n) is 2.18. The van der Waals surface area contributed by atoms with E-state index in [-0.39, 0.29) is 6.04 Å². The fraction of sp³-hybridized carbons (Fsp3) is 0.667. The molecule has 0 aliphatic rings. The summed E-state index contributed by atoms with van der Waals surface area (Å²) >= 11 is 0. The fourth-order valence-electron chi connectivity index (χ4n) is 0.618. The van der Waals surface area contributed by atoms with E-state index in [2.05, 4.69) is 37.9 Å². The van der Waals surface area contributed by atoms with E-state index in [1.807, 2.05) is 0 Å². The van der Waals surface area contributed by atoms with Crippen LogP contribution < -0.4 is 5.32 Å². The molecule has 1 nitrogen and oxygen atoms in total. The third-order valence-corrected chi connectivity index (χ3v) is 1.10. The maximum Gasteiger partial charge on any atom is 0.0690 e. The van der Waals surface area contributed by atoms with Crippen molar-refractivity contribution in [2.24, 2.45) is 0 Å². The molecule has 0 saturated carbocycles. The lowest BCUT2D eigenvalue weighted by atomic mass is 10.3. The Balaban J connectivity index is 3.37. The van der Waals surface area contributed by atoms with Crippen LogP contribution >= 0.6 is 0 Å². The quantitative estimate of drug-likeness (QED) is 0.584. The molecule has 0 bridgehead atoms. The van der Waals surface area contributed by atoms with Crippen LogP contribution in [0.1, 0.15) is 26.7 Å². The molecule has 1 N–H and O–H groups in total. The molecule has 0 saturated heterocycles. The lowest BCUT2D eigenvalue weighted by Crippen LogP contribution is -2.23. The molecule has 0 aromatic rings. The van der Waals surface area contributed by atoms with E-state index in [1.54, 1.807) is 0 Å². The van der Waals surface area contributed by atoms with Gasteiger partial charge in [0.05, 0.1) is 6.04 Å². The van der Waals surface area contributed by atoms with Crippen molar-refractivity contribution in [1.82, 2.24) is 5.32 Å². The molecule has 1 atom stereocenters. The minimum Gasteiger partial charge on any atom is -0.304 e. The second-order valence-corrected chi connectivity index (χ2v) is 2.18. The highest BCUT2D eigenvalue weighted by molar-refractivity contribution is 5.08. The molecule has 0 rings (SSSR count). The van der Waals surface area contributed by atoms with Gasteiger partial charge in [0.2, 0.25) is 0 Å². The van der Waals surface area contributed by atoms with Gasteiger partial charge in [-0.15, -0.1) is 5.92 Å². The van der Waals surface area contributed by atoms with Crippen LogP contribution in [0.5, 0.6) is 0 Å². The summed E-state index contributed by atoms with van der Waals surface area (Å²) in [5.41, 5.74) is 0. The summed E-state index contributed by atoms with van der Waals surface area (Å²) in [4.78, 5) is 0. The van der Waals surface area contributed by atoms with Crippen molar-refractivity contribution in [2.45, 2.75) is 32.7 Å². The van der Waals surface area contributed by atoms with Gasteiger partial charge in [0.1, 0.15) is 0 Å². The maximum absolute atomic E-state index is 3.81. The van der Waals surface area contributed by atoms with Gasteiger partial charge in [-0.25, -0.2) is 0 Å². The number of hydrogen-bond acceptors (Lipinski definition) is 1. The standard InChI is InChI=1S/C9H16N/c1-4-6-7-8-9(3)10-5-2/h9-10H,3-6H2,1-2H3. The highest BCUT2D eigenvalue weighted by Gasteiger charge is 1.89. The summed E-state index contributed by atoms with van der Waals surface area (Å²) in [6, 6.07) is 0.108. The molecule has 0 aromatic heterocycles. The summed E-state index contributed by atoms with van der Waals surface area (Å²) in [5, 5.41) is 3.12. The first kappa shape index (κ1) is 9.52. The number of hydrogen-bond donors (Lipinski definition) is 1. The van der Waals surface area contributed by atoms with E-state index in [9.17, 15) is 0 Å². The molecule has 0 fully saturated rings. The van der Waals surface area contributed by atoms with E-state index >= 15 is 0 Å². The van der Waals surface area contributed by atoms with Crippen molar-refractivity contribution in [1.29, 1.82) is 0 Å². The summed E-state index contributed by atoms with van der Waals surface area (Å²) in [6.45, 7) is 8.93. The molecular formula is C9H16N. The van der Waals surface area contributed by atoms with Crippen LogP contribution in [0.4, 0.5) is 0 Å². The van der Waals surface area contributed by atoms with E-state index in [0.717, 1.165) is 19.4 Å². The Bertz CT molecular complexity index is 118. The summed E-state index contributed by atoms with van der Waals surface area (Å²) < 4.78 is 0. The van der Waals surface area contributed by atoms with Crippen LogP contribution in [0, 0.1) is 18.8 Å². The molecule has 0 aromatic carbocycles. The van der Waals surface area contributed by atoms with Crippen molar-refractivity contribution < 1.29 is 0 Å². The van der Waals surface area contributed by atoms with E-state index in [0.29, 0.717) is 0 Å². The van der Waals surface area contributed by atoms with Gasteiger partial charge in [-0.2, -0.15) is 0 Å². The molecular weight excluding hydrogens is 122 g/mol. The third-order valence-electron chi connectivity index (χ3n) is 1.10. The van der Waals surface area contributed by atoms with E-state index in [1.165, 1.54) is 0 Å². The third kappa shape index (κ3) is 5.65. The number of nitrogens with one attached hydrogen (secondary N) is 1. The summed E-state index contributed by atoms with van der Waals surface area (Å²) in [6.07, 6.45) is 2.11. The Morgan fingerprint density at radius 3 is 2.70 bits per heavy atom. The smallest absolute Gasteiger partial charge is 0.0690 e. The lowest BCUT2D eigenvalue weighted by Gasteiger charge is -2.01. The molecule has 0 aliphatic heterocycles. The van der Waals surface area contributed by atoms with Crippen LogP contribution in [0.3, 0.4) is 0 Å². The molecule has 0 aliphatic carbocycles. The van der Waals surface area contributed by atoms with Crippen molar-refractivity contribution in [3.05, 3.63) is 6.92 Å². The van der Waals surface area contributed by atoms with Crippen LogP contribution in [0.15, 0.2) is 0 Å². The predicted molar refractivity (Wildman–Crippen MR) is 45.5 cm³/mol. The van der Waals surface area contributed by atoms with Crippen molar-refractivity contribution in [3.8, 4) is 11.8 Å². The minimum atomic E-state index is 0.108. The zero-order valence-corrected chi connectivity index (χ0v) is 6.91. The molecule has 0 spiro atoms. The largest absolute Gasteiger partial charge is 0.304 e. The van der Waals surface area contributed by atoms with Gasteiger partial charge in [-0.05, 0) is 19.9 Å². The molecule has 1 radical (unpaired) electrons. The predicted octanol–water partition coefficient (Wildman–Crippen LogP) is 1.60. The minimum absolute atomic E-state index is 0.108. The molecule has 57 valence electrons. The first-order valence-corrected chi connectivity index (χ1v) is 3.86. The number of unbranched alkanes of at least 4 members (excludes halogenated alkanes) is 1. The zero-order valence-electron chi connectivity index (χ0n) is 6.91. The van der Waals surface area contributed by atoms with Crippen LogP contribution in [-0.4, -0.2) is 12.6 Å². The van der Waals surface area contributed by atoms with Gasteiger partial charge in [0.25, 0.3) is 0 Å².